The molecule has 1 saturated heterocycles. The summed E-state index contributed by atoms with van der Waals surface area (Å²) in [7, 11) is 5.77. The minimum absolute atomic E-state index is 0.0893. The lowest BCUT2D eigenvalue weighted by atomic mass is 9.84. The van der Waals surface area contributed by atoms with Gasteiger partial charge >= 0.3 is 0 Å². The van der Waals surface area contributed by atoms with Crippen molar-refractivity contribution in [1.82, 2.24) is 9.80 Å². The fourth-order valence-electron chi connectivity index (χ4n) is 4.48. The molecular formula is C20H28N2O2. The van der Waals surface area contributed by atoms with Crippen molar-refractivity contribution in [3.05, 3.63) is 40.1 Å². The van der Waals surface area contributed by atoms with Crippen LogP contribution in [0.4, 0.5) is 0 Å². The molecule has 2 heterocycles. The van der Waals surface area contributed by atoms with E-state index >= 15 is 0 Å². The SMILES string of the molecule is COC1=C(c2c(C)cc(C)cc2C)C(=O)N(C)C12CCN(C)CC2. The van der Waals surface area contributed by atoms with E-state index in [-0.39, 0.29) is 11.4 Å². The molecule has 0 N–H and O–H groups in total. The van der Waals surface area contributed by atoms with Gasteiger partial charge in [0.15, 0.2) is 0 Å². The number of piperidine rings is 1. The van der Waals surface area contributed by atoms with E-state index in [1.54, 1.807) is 7.11 Å². The van der Waals surface area contributed by atoms with E-state index in [4.69, 9.17) is 4.74 Å². The number of amides is 1. The van der Waals surface area contributed by atoms with Crippen molar-refractivity contribution in [3.63, 3.8) is 0 Å². The van der Waals surface area contributed by atoms with Crippen LogP contribution < -0.4 is 0 Å². The van der Waals surface area contributed by atoms with Crippen LogP contribution in [0.25, 0.3) is 5.57 Å². The molecule has 1 fully saturated rings. The molecule has 0 saturated carbocycles. The van der Waals surface area contributed by atoms with Gasteiger partial charge in [-0.25, -0.2) is 0 Å². The lowest BCUT2D eigenvalue weighted by Gasteiger charge is -2.43. The summed E-state index contributed by atoms with van der Waals surface area (Å²) in [5.74, 6) is 0.949. The average Bonchev–Trinajstić information content (AvgIpc) is 2.71. The topological polar surface area (TPSA) is 32.8 Å². The first-order valence-corrected chi connectivity index (χ1v) is 8.65. The first kappa shape index (κ1) is 17.0. The van der Waals surface area contributed by atoms with Crippen molar-refractivity contribution in [2.75, 3.05) is 34.3 Å². The fourth-order valence-corrected chi connectivity index (χ4v) is 4.48. The third kappa shape index (κ3) is 2.35. The Balaban J connectivity index is 2.20. The zero-order valence-electron chi connectivity index (χ0n) is 15.7. The maximum Gasteiger partial charge on any atom is 0.258 e. The molecule has 1 aromatic rings. The van der Waals surface area contributed by atoms with Crippen molar-refractivity contribution >= 4 is 11.5 Å². The molecule has 4 heteroatoms. The monoisotopic (exact) mass is 328 g/mol. The lowest BCUT2D eigenvalue weighted by Crippen LogP contribution is -2.53. The first-order valence-electron chi connectivity index (χ1n) is 8.65. The third-order valence-electron chi connectivity index (χ3n) is 5.76. The summed E-state index contributed by atoms with van der Waals surface area (Å²) in [5.41, 5.74) is 5.02. The van der Waals surface area contributed by atoms with Crippen LogP contribution in [-0.4, -0.2) is 55.5 Å². The first-order chi connectivity index (χ1) is 11.3. The van der Waals surface area contributed by atoms with Gasteiger partial charge in [0.05, 0.1) is 12.7 Å². The van der Waals surface area contributed by atoms with Crippen LogP contribution in [0.5, 0.6) is 0 Å². The van der Waals surface area contributed by atoms with Crippen LogP contribution >= 0.6 is 0 Å². The molecule has 0 unspecified atom stereocenters. The molecule has 24 heavy (non-hydrogen) atoms. The number of carbonyl (C=O) groups is 1. The van der Waals surface area contributed by atoms with Crippen molar-refractivity contribution in [1.29, 1.82) is 0 Å². The fraction of sp³-hybridized carbons (Fsp3) is 0.550. The molecule has 0 aliphatic carbocycles. The van der Waals surface area contributed by atoms with E-state index in [1.807, 2.05) is 11.9 Å². The molecular weight excluding hydrogens is 300 g/mol. The molecule has 3 rings (SSSR count). The predicted octanol–water partition coefficient (Wildman–Crippen LogP) is 2.91. The van der Waals surface area contributed by atoms with Crippen LogP contribution in [-0.2, 0) is 9.53 Å². The Morgan fingerprint density at radius 3 is 2.08 bits per heavy atom. The summed E-state index contributed by atoms with van der Waals surface area (Å²) < 4.78 is 5.89. The van der Waals surface area contributed by atoms with Gasteiger partial charge in [-0.2, -0.15) is 0 Å². The smallest absolute Gasteiger partial charge is 0.258 e. The van der Waals surface area contributed by atoms with E-state index in [0.717, 1.165) is 54.0 Å². The largest absolute Gasteiger partial charge is 0.498 e. The second-order valence-corrected chi connectivity index (χ2v) is 7.38. The molecule has 1 amide bonds. The molecule has 4 nitrogen and oxygen atoms in total. The van der Waals surface area contributed by atoms with Crippen LogP contribution in [0.3, 0.4) is 0 Å². The highest BCUT2D eigenvalue weighted by Crippen LogP contribution is 2.46. The van der Waals surface area contributed by atoms with E-state index in [2.05, 4.69) is 44.9 Å². The number of methoxy groups -OCH3 is 1. The minimum Gasteiger partial charge on any atom is -0.498 e. The summed E-state index contributed by atoms with van der Waals surface area (Å²) in [5, 5.41) is 0. The van der Waals surface area contributed by atoms with Crippen molar-refractivity contribution in [3.8, 4) is 0 Å². The Morgan fingerprint density at radius 2 is 1.58 bits per heavy atom. The Labute approximate surface area is 145 Å². The van der Waals surface area contributed by atoms with Gasteiger partial charge in [0.1, 0.15) is 11.3 Å². The second kappa shape index (κ2) is 5.92. The minimum atomic E-state index is -0.294. The highest BCUT2D eigenvalue weighted by Gasteiger charge is 2.52. The normalized spacial score (nSPS) is 21.1. The third-order valence-corrected chi connectivity index (χ3v) is 5.76. The quantitative estimate of drug-likeness (QED) is 0.837. The van der Waals surface area contributed by atoms with Crippen LogP contribution in [0.1, 0.15) is 35.1 Å². The number of hydrogen-bond donors (Lipinski definition) is 0. The molecule has 2 aliphatic rings. The second-order valence-electron chi connectivity index (χ2n) is 7.38. The number of rotatable bonds is 2. The molecule has 0 radical (unpaired) electrons. The van der Waals surface area contributed by atoms with Gasteiger partial charge in [-0.05, 0) is 57.4 Å². The number of aryl methyl sites for hydroxylation is 3. The number of nitrogens with zero attached hydrogens (tertiary/aromatic N) is 2. The molecule has 1 aromatic carbocycles. The van der Waals surface area contributed by atoms with Crippen LogP contribution in [0, 0.1) is 20.8 Å². The number of ether oxygens (including phenoxy) is 1. The number of likely N-dealkylation sites (tertiary alicyclic amines) is 1. The molecule has 2 aliphatic heterocycles. The molecule has 0 atom stereocenters. The Morgan fingerprint density at radius 1 is 1.04 bits per heavy atom. The Bertz CT molecular complexity index is 689. The number of hydrogen-bond acceptors (Lipinski definition) is 3. The molecule has 0 aromatic heterocycles. The van der Waals surface area contributed by atoms with Gasteiger partial charge in [0, 0.05) is 20.1 Å². The lowest BCUT2D eigenvalue weighted by molar-refractivity contribution is -0.128. The van der Waals surface area contributed by atoms with Crippen LogP contribution in [0.2, 0.25) is 0 Å². The average molecular weight is 328 g/mol. The van der Waals surface area contributed by atoms with Gasteiger partial charge < -0.3 is 14.5 Å². The standard InChI is InChI=1S/C20H28N2O2/c1-13-11-14(2)16(15(3)12-13)17-18(24-6)20(22(5)19(17)23)7-9-21(4)10-8-20/h11-12H,7-10H2,1-6H3. The molecule has 1 spiro atoms. The zero-order valence-corrected chi connectivity index (χ0v) is 15.7. The molecule has 130 valence electrons. The maximum atomic E-state index is 13.2. The van der Waals surface area contributed by atoms with E-state index < -0.39 is 0 Å². The Hall–Kier alpha value is -1.81. The van der Waals surface area contributed by atoms with Gasteiger partial charge in [-0.3, -0.25) is 4.79 Å². The van der Waals surface area contributed by atoms with Gasteiger partial charge in [0.2, 0.25) is 0 Å². The number of benzene rings is 1. The number of likely N-dealkylation sites (N-methyl/N-ethyl adjacent to an activating group) is 1. The van der Waals surface area contributed by atoms with E-state index in [1.165, 1.54) is 5.56 Å². The highest BCUT2D eigenvalue weighted by atomic mass is 16.5. The summed E-state index contributed by atoms with van der Waals surface area (Å²) >= 11 is 0. The zero-order chi connectivity index (χ0) is 17.6. The van der Waals surface area contributed by atoms with Gasteiger partial charge in [0.25, 0.3) is 5.91 Å². The van der Waals surface area contributed by atoms with Crippen molar-refractivity contribution < 1.29 is 9.53 Å². The van der Waals surface area contributed by atoms with E-state index in [0.29, 0.717) is 0 Å². The predicted molar refractivity (Wildman–Crippen MR) is 96.8 cm³/mol. The maximum absolute atomic E-state index is 13.2. The summed E-state index contributed by atoms with van der Waals surface area (Å²) in [4.78, 5) is 17.4. The van der Waals surface area contributed by atoms with Crippen molar-refractivity contribution in [2.45, 2.75) is 39.2 Å². The highest BCUT2D eigenvalue weighted by molar-refractivity contribution is 6.23. The van der Waals surface area contributed by atoms with Gasteiger partial charge in [-0.1, -0.05) is 17.7 Å². The number of carbonyl (C=O) groups excluding carboxylic acids is 1. The van der Waals surface area contributed by atoms with E-state index in [9.17, 15) is 4.79 Å². The van der Waals surface area contributed by atoms with Crippen LogP contribution in [0.15, 0.2) is 17.9 Å². The Kier molecular flexibility index (Phi) is 4.20. The van der Waals surface area contributed by atoms with Crippen molar-refractivity contribution in [2.24, 2.45) is 0 Å². The summed E-state index contributed by atoms with van der Waals surface area (Å²) in [6.07, 6.45) is 1.84. The summed E-state index contributed by atoms with van der Waals surface area (Å²) in [6.45, 7) is 8.22. The summed E-state index contributed by atoms with van der Waals surface area (Å²) in [6, 6.07) is 4.30. The van der Waals surface area contributed by atoms with Gasteiger partial charge in [-0.15, -0.1) is 0 Å². The molecule has 0 bridgehead atoms.